The molecule has 0 fully saturated rings. The van der Waals surface area contributed by atoms with Gasteiger partial charge in [0.05, 0.1) is 10.5 Å². The molecule has 0 heterocycles. The Bertz CT molecular complexity index is 589. The van der Waals surface area contributed by atoms with Crippen molar-refractivity contribution in [1.82, 2.24) is 0 Å². The molecule has 0 saturated carbocycles. The second kappa shape index (κ2) is 5.34. The molecule has 1 atom stereocenters. The first-order chi connectivity index (χ1) is 8.49. The standard InChI is InChI=1S/C13H9BrClF2N/c14-10-5-7(1-4-11(10)16)13(18)9-3-2-8(15)6-12(9)17/h1-6,13H,18H2. The molecule has 1 unspecified atom stereocenters. The van der Waals surface area contributed by atoms with Gasteiger partial charge in [0, 0.05) is 10.6 Å². The molecular formula is C13H9BrClF2N. The summed E-state index contributed by atoms with van der Waals surface area (Å²) in [6.45, 7) is 0. The minimum atomic E-state index is -0.667. The van der Waals surface area contributed by atoms with Gasteiger partial charge in [0.1, 0.15) is 11.6 Å². The Balaban J connectivity index is 2.41. The second-order valence-electron chi connectivity index (χ2n) is 3.82. The van der Waals surface area contributed by atoms with Gasteiger partial charge < -0.3 is 5.73 Å². The molecule has 2 aromatic rings. The van der Waals surface area contributed by atoms with Gasteiger partial charge in [0.25, 0.3) is 0 Å². The van der Waals surface area contributed by atoms with Crippen LogP contribution in [0.15, 0.2) is 40.9 Å². The highest BCUT2D eigenvalue weighted by atomic mass is 79.9. The Morgan fingerprint density at radius 3 is 2.39 bits per heavy atom. The van der Waals surface area contributed by atoms with Gasteiger partial charge in [-0.3, -0.25) is 0 Å². The van der Waals surface area contributed by atoms with Gasteiger partial charge in [-0.2, -0.15) is 0 Å². The molecule has 0 aliphatic carbocycles. The molecule has 0 radical (unpaired) electrons. The number of benzene rings is 2. The average molecular weight is 333 g/mol. The van der Waals surface area contributed by atoms with Crippen molar-refractivity contribution in [2.45, 2.75) is 6.04 Å². The summed E-state index contributed by atoms with van der Waals surface area (Å²) in [6, 6.07) is 7.98. The number of nitrogens with two attached hydrogens (primary N) is 1. The van der Waals surface area contributed by atoms with E-state index in [2.05, 4.69) is 15.9 Å². The fraction of sp³-hybridized carbons (Fsp3) is 0.0769. The van der Waals surface area contributed by atoms with Crippen molar-refractivity contribution in [3.63, 3.8) is 0 Å². The van der Waals surface area contributed by atoms with E-state index < -0.39 is 11.9 Å². The molecule has 0 spiro atoms. The normalized spacial score (nSPS) is 12.5. The highest BCUT2D eigenvalue weighted by Gasteiger charge is 2.15. The van der Waals surface area contributed by atoms with Crippen molar-refractivity contribution in [3.8, 4) is 0 Å². The lowest BCUT2D eigenvalue weighted by Gasteiger charge is -2.14. The van der Waals surface area contributed by atoms with Gasteiger partial charge in [-0.1, -0.05) is 23.7 Å². The van der Waals surface area contributed by atoms with Crippen molar-refractivity contribution in [2.24, 2.45) is 5.73 Å². The maximum atomic E-state index is 13.7. The van der Waals surface area contributed by atoms with E-state index in [0.29, 0.717) is 20.6 Å². The van der Waals surface area contributed by atoms with Crippen LogP contribution in [0.3, 0.4) is 0 Å². The van der Waals surface area contributed by atoms with E-state index in [0.717, 1.165) is 0 Å². The fourth-order valence-electron chi connectivity index (χ4n) is 1.64. The summed E-state index contributed by atoms with van der Waals surface area (Å²) in [5.41, 5.74) is 6.89. The van der Waals surface area contributed by atoms with Crippen LogP contribution in [0.1, 0.15) is 17.2 Å². The third-order valence-electron chi connectivity index (χ3n) is 2.60. The molecule has 18 heavy (non-hydrogen) atoms. The van der Waals surface area contributed by atoms with Crippen LogP contribution in [-0.2, 0) is 0 Å². The highest BCUT2D eigenvalue weighted by molar-refractivity contribution is 9.10. The van der Waals surface area contributed by atoms with Crippen molar-refractivity contribution < 1.29 is 8.78 Å². The Kier molecular flexibility index (Phi) is 4.00. The molecule has 0 aliphatic rings. The zero-order valence-electron chi connectivity index (χ0n) is 9.13. The lowest BCUT2D eigenvalue weighted by Crippen LogP contribution is -2.13. The SMILES string of the molecule is NC(c1ccc(F)c(Br)c1)c1ccc(Cl)cc1F. The van der Waals surface area contributed by atoms with Gasteiger partial charge in [-0.15, -0.1) is 0 Å². The molecule has 2 aromatic carbocycles. The predicted octanol–water partition coefficient (Wildman–Crippen LogP) is 4.43. The zero-order chi connectivity index (χ0) is 13.3. The van der Waals surface area contributed by atoms with Crippen LogP contribution in [0.25, 0.3) is 0 Å². The predicted molar refractivity (Wildman–Crippen MR) is 71.5 cm³/mol. The summed E-state index contributed by atoms with van der Waals surface area (Å²) in [5, 5.41) is 0.309. The van der Waals surface area contributed by atoms with E-state index in [-0.39, 0.29) is 5.82 Å². The third-order valence-corrected chi connectivity index (χ3v) is 3.44. The summed E-state index contributed by atoms with van der Waals surface area (Å²) in [6.07, 6.45) is 0. The van der Waals surface area contributed by atoms with Crippen LogP contribution in [0.5, 0.6) is 0 Å². The molecule has 2 N–H and O–H groups in total. The van der Waals surface area contributed by atoms with Crippen molar-refractivity contribution in [3.05, 3.63) is 68.7 Å². The molecule has 1 nitrogen and oxygen atoms in total. The molecule has 0 saturated heterocycles. The number of rotatable bonds is 2. The Morgan fingerprint density at radius 1 is 1.06 bits per heavy atom. The summed E-state index contributed by atoms with van der Waals surface area (Å²) in [4.78, 5) is 0. The van der Waals surface area contributed by atoms with Gasteiger partial charge in [-0.25, -0.2) is 8.78 Å². The second-order valence-corrected chi connectivity index (χ2v) is 5.11. The molecule has 2 rings (SSSR count). The molecule has 5 heteroatoms. The van der Waals surface area contributed by atoms with Crippen LogP contribution in [0.2, 0.25) is 5.02 Å². The van der Waals surface area contributed by atoms with E-state index >= 15 is 0 Å². The summed E-state index contributed by atoms with van der Waals surface area (Å²) in [7, 11) is 0. The van der Waals surface area contributed by atoms with E-state index in [4.69, 9.17) is 17.3 Å². The average Bonchev–Trinajstić information content (AvgIpc) is 2.32. The summed E-state index contributed by atoms with van der Waals surface area (Å²) in [5.74, 6) is -0.863. The van der Waals surface area contributed by atoms with Crippen LogP contribution in [-0.4, -0.2) is 0 Å². The quantitative estimate of drug-likeness (QED) is 0.865. The first-order valence-electron chi connectivity index (χ1n) is 5.14. The molecule has 0 bridgehead atoms. The summed E-state index contributed by atoms with van der Waals surface area (Å²) < 4.78 is 27.1. The van der Waals surface area contributed by atoms with E-state index in [1.807, 2.05) is 0 Å². The largest absolute Gasteiger partial charge is 0.320 e. The van der Waals surface area contributed by atoms with E-state index in [9.17, 15) is 8.78 Å². The first kappa shape index (κ1) is 13.5. The molecule has 0 aromatic heterocycles. The number of halogens is 4. The first-order valence-corrected chi connectivity index (χ1v) is 6.31. The van der Waals surface area contributed by atoms with Gasteiger partial charge in [0.2, 0.25) is 0 Å². The van der Waals surface area contributed by atoms with E-state index in [1.54, 1.807) is 6.07 Å². The van der Waals surface area contributed by atoms with Crippen molar-refractivity contribution in [2.75, 3.05) is 0 Å². The minimum absolute atomic E-state index is 0.296. The van der Waals surface area contributed by atoms with Crippen molar-refractivity contribution >= 4 is 27.5 Å². The van der Waals surface area contributed by atoms with Crippen molar-refractivity contribution in [1.29, 1.82) is 0 Å². The van der Waals surface area contributed by atoms with Crippen LogP contribution >= 0.6 is 27.5 Å². The summed E-state index contributed by atoms with van der Waals surface area (Å²) >= 11 is 8.75. The zero-order valence-corrected chi connectivity index (χ0v) is 11.5. The molecular weight excluding hydrogens is 324 g/mol. The molecule has 94 valence electrons. The van der Waals surface area contributed by atoms with Gasteiger partial charge in [0.15, 0.2) is 0 Å². The molecule has 0 amide bonds. The Hall–Kier alpha value is -0.970. The maximum Gasteiger partial charge on any atom is 0.137 e. The van der Waals surface area contributed by atoms with Gasteiger partial charge in [-0.05, 0) is 45.8 Å². The third kappa shape index (κ3) is 2.71. The lowest BCUT2D eigenvalue weighted by atomic mass is 9.99. The van der Waals surface area contributed by atoms with E-state index in [1.165, 1.54) is 30.3 Å². The van der Waals surface area contributed by atoms with Crippen LogP contribution in [0, 0.1) is 11.6 Å². The Labute approximate surface area is 117 Å². The number of hydrogen-bond acceptors (Lipinski definition) is 1. The monoisotopic (exact) mass is 331 g/mol. The Morgan fingerprint density at radius 2 is 1.78 bits per heavy atom. The van der Waals surface area contributed by atoms with Crippen LogP contribution < -0.4 is 5.73 Å². The smallest absolute Gasteiger partial charge is 0.137 e. The number of hydrogen-bond donors (Lipinski definition) is 1. The highest BCUT2D eigenvalue weighted by Crippen LogP contribution is 2.27. The molecule has 0 aliphatic heterocycles. The maximum absolute atomic E-state index is 13.7. The lowest BCUT2D eigenvalue weighted by molar-refractivity contribution is 0.598. The minimum Gasteiger partial charge on any atom is -0.320 e. The van der Waals surface area contributed by atoms with Gasteiger partial charge >= 0.3 is 0 Å². The van der Waals surface area contributed by atoms with Crippen LogP contribution in [0.4, 0.5) is 8.78 Å². The topological polar surface area (TPSA) is 26.0 Å². The fourth-order valence-corrected chi connectivity index (χ4v) is 2.19.